The number of rotatable bonds is 4. The van der Waals surface area contributed by atoms with E-state index in [0.717, 1.165) is 12.4 Å². The molecular formula is C10H8F4N6O. The molecule has 0 bridgehead atoms. The number of hydrazine groups is 1. The van der Waals surface area contributed by atoms with Crippen LogP contribution in [0, 0.1) is 5.82 Å². The molecule has 0 aliphatic carbocycles. The van der Waals surface area contributed by atoms with Crippen molar-refractivity contribution in [2.45, 2.75) is 6.18 Å². The first-order valence-corrected chi connectivity index (χ1v) is 5.39. The van der Waals surface area contributed by atoms with Crippen molar-refractivity contribution in [3.8, 4) is 6.01 Å². The molecule has 0 fully saturated rings. The third-order valence-electron chi connectivity index (χ3n) is 2.14. The monoisotopic (exact) mass is 304 g/mol. The lowest BCUT2D eigenvalue weighted by molar-refractivity contribution is -0.141. The summed E-state index contributed by atoms with van der Waals surface area (Å²) in [6.07, 6.45) is -2.86. The van der Waals surface area contributed by atoms with Gasteiger partial charge >= 0.3 is 12.2 Å². The topological polar surface area (TPSA) is 84.9 Å². The van der Waals surface area contributed by atoms with E-state index in [4.69, 9.17) is 0 Å². The van der Waals surface area contributed by atoms with E-state index in [1.165, 1.54) is 7.11 Å². The Hall–Kier alpha value is -2.72. The summed E-state index contributed by atoms with van der Waals surface area (Å²) in [7, 11) is 1.28. The summed E-state index contributed by atoms with van der Waals surface area (Å²) in [4.78, 5) is 13.9. The first kappa shape index (κ1) is 14.7. The molecular weight excluding hydrogens is 296 g/mol. The van der Waals surface area contributed by atoms with E-state index >= 15 is 0 Å². The smallest absolute Gasteiger partial charge is 0.433 e. The summed E-state index contributed by atoms with van der Waals surface area (Å²) in [5, 5.41) is 0. The van der Waals surface area contributed by atoms with Gasteiger partial charge in [0.15, 0.2) is 11.6 Å². The predicted octanol–water partition coefficient (Wildman–Crippen LogP) is 1.87. The van der Waals surface area contributed by atoms with Gasteiger partial charge in [0.05, 0.1) is 13.3 Å². The Labute approximate surface area is 115 Å². The number of aromatic nitrogens is 4. The van der Waals surface area contributed by atoms with Gasteiger partial charge in [-0.05, 0) is 6.07 Å². The molecule has 2 rings (SSSR count). The van der Waals surface area contributed by atoms with Crippen LogP contribution in [0.5, 0.6) is 6.01 Å². The van der Waals surface area contributed by atoms with Crippen molar-refractivity contribution in [2.75, 3.05) is 18.0 Å². The van der Waals surface area contributed by atoms with Crippen LogP contribution >= 0.6 is 0 Å². The molecule has 2 aromatic rings. The number of hydrogen-bond acceptors (Lipinski definition) is 7. The van der Waals surface area contributed by atoms with Crippen molar-refractivity contribution in [1.82, 2.24) is 19.9 Å². The van der Waals surface area contributed by atoms with Crippen LogP contribution in [0.25, 0.3) is 0 Å². The van der Waals surface area contributed by atoms with Gasteiger partial charge in [-0.3, -0.25) is 10.9 Å². The van der Waals surface area contributed by atoms with Crippen LogP contribution in [-0.4, -0.2) is 27.0 Å². The van der Waals surface area contributed by atoms with Crippen molar-refractivity contribution >= 4 is 11.8 Å². The Kier molecular flexibility index (Phi) is 4.00. The molecule has 0 radical (unpaired) electrons. The van der Waals surface area contributed by atoms with Crippen molar-refractivity contribution in [3.05, 3.63) is 30.0 Å². The molecule has 0 unspecified atom stereocenters. The van der Waals surface area contributed by atoms with E-state index in [0.29, 0.717) is 6.07 Å². The molecule has 7 nitrogen and oxygen atoms in total. The van der Waals surface area contributed by atoms with Crippen molar-refractivity contribution < 1.29 is 22.3 Å². The van der Waals surface area contributed by atoms with Crippen molar-refractivity contribution in [3.63, 3.8) is 0 Å². The molecule has 0 spiro atoms. The second-order valence-corrected chi connectivity index (χ2v) is 3.57. The minimum atomic E-state index is -4.61. The standard InChI is InChI=1S/C10H8F4N6O/c1-21-9-16-4-5(11)7(18-9)19-20-8-15-3-2-6(17-8)10(12,13)14/h2-4H,1H3,(H,15,17,20)(H,16,18,19). The lowest BCUT2D eigenvalue weighted by Gasteiger charge is -2.10. The highest BCUT2D eigenvalue weighted by Gasteiger charge is 2.32. The first-order valence-electron chi connectivity index (χ1n) is 5.39. The summed E-state index contributed by atoms with van der Waals surface area (Å²) in [6, 6.07) is 0.588. The van der Waals surface area contributed by atoms with Crippen LogP contribution in [0.3, 0.4) is 0 Å². The summed E-state index contributed by atoms with van der Waals surface area (Å²) >= 11 is 0. The fourth-order valence-electron chi connectivity index (χ4n) is 1.23. The molecule has 11 heteroatoms. The van der Waals surface area contributed by atoms with Gasteiger partial charge in [0.2, 0.25) is 5.95 Å². The van der Waals surface area contributed by atoms with Gasteiger partial charge in [-0.15, -0.1) is 0 Å². The maximum Gasteiger partial charge on any atom is 0.433 e. The van der Waals surface area contributed by atoms with Gasteiger partial charge < -0.3 is 4.74 Å². The minimum Gasteiger partial charge on any atom is -0.467 e. The number of nitrogens with one attached hydrogen (secondary N) is 2. The molecule has 21 heavy (non-hydrogen) atoms. The number of halogens is 4. The fraction of sp³-hybridized carbons (Fsp3) is 0.200. The van der Waals surface area contributed by atoms with Gasteiger partial charge in [-0.25, -0.2) is 19.3 Å². The van der Waals surface area contributed by atoms with E-state index < -0.39 is 23.6 Å². The zero-order valence-electron chi connectivity index (χ0n) is 10.4. The molecule has 2 N–H and O–H groups in total. The van der Waals surface area contributed by atoms with Crippen LogP contribution in [0.15, 0.2) is 18.5 Å². The zero-order valence-corrected chi connectivity index (χ0v) is 10.4. The van der Waals surface area contributed by atoms with Gasteiger partial charge in [0, 0.05) is 6.20 Å². The second-order valence-electron chi connectivity index (χ2n) is 3.57. The molecule has 2 aromatic heterocycles. The highest BCUT2D eigenvalue weighted by atomic mass is 19.4. The van der Waals surface area contributed by atoms with Crippen LogP contribution < -0.4 is 15.6 Å². The average Bonchev–Trinajstić information content (AvgIpc) is 2.46. The van der Waals surface area contributed by atoms with E-state index in [9.17, 15) is 17.6 Å². The van der Waals surface area contributed by atoms with Gasteiger partial charge in [0.25, 0.3) is 0 Å². The fourth-order valence-corrected chi connectivity index (χ4v) is 1.23. The van der Waals surface area contributed by atoms with E-state index in [1.807, 2.05) is 0 Å². The molecule has 0 amide bonds. The second kappa shape index (κ2) is 5.73. The molecule has 0 aliphatic rings. The lowest BCUT2D eigenvalue weighted by Crippen LogP contribution is -2.17. The van der Waals surface area contributed by atoms with Crippen molar-refractivity contribution in [2.24, 2.45) is 0 Å². The Morgan fingerprint density at radius 1 is 1.14 bits per heavy atom. The molecule has 0 aromatic carbocycles. The largest absolute Gasteiger partial charge is 0.467 e. The molecule has 2 heterocycles. The lowest BCUT2D eigenvalue weighted by atomic mass is 10.4. The molecule has 0 saturated heterocycles. The Morgan fingerprint density at radius 3 is 2.57 bits per heavy atom. The maximum absolute atomic E-state index is 13.4. The molecule has 112 valence electrons. The van der Waals surface area contributed by atoms with Gasteiger partial charge in [-0.1, -0.05) is 0 Å². The highest BCUT2D eigenvalue weighted by molar-refractivity contribution is 5.42. The van der Waals surface area contributed by atoms with Gasteiger partial charge in [-0.2, -0.15) is 18.2 Å². The Balaban J connectivity index is 2.13. The van der Waals surface area contributed by atoms with Crippen molar-refractivity contribution in [1.29, 1.82) is 0 Å². The maximum atomic E-state index is 13.4. The number of alkyl halides is 3. The van der Waals surface area contributed by atoms with Crippen LogP contribution in [0.4, 0.5) is 29.3 Å². The average molecular weight is 304 g/mol. The molecule has 0 saturated carbocycles. The summed E-state index contributed by atoms with van der Waals surface area (Å²) in [6.45, 7) is 0. The highest BCUT2D eigenvalue weighted by Crippen LogP contribution is 2.27. The summed E-state index contributed by atoms with van der Waals surface area (Å²) in [5.74, 6) is -1.57. The van der Waals surface area contributed by atoms with Crippen LogP contribution in [-0.2, 0) is 6.18 Å². The van der Waals surface area contributed by atoms with Crippen LogP contribution in [0.1, 0.15) is 5.69 Å². The van der Waals surface area contributed by atoms with Crippen LogP contribution in [0.2, 0.25) is 0 Å². The minimum absolute atomic E-state index is 0.120. The quantitative estimate of drug-likeness (QED) is 0.659. The normalized spacial score (nSPS) is 11.1. The third kappa shape index (κ3) is 3.64. The number of methoxy groups -OCH3 is 1. The number of anilines is 2. The molecule has 0 atom stereocenters. The third-order valence-corrected chi connectivity index (χ3v) is 2.14. The number of hydrogen-bond donors (Lipinski definition) is 2. The van der Waals surface area contributed by atoms with E-state index in [1.54, 1.807) is 0 Å². The SMILES string of the molecule is COc1ncc(F)c(NNc2nccc(C(F)(F)F)n2)n1. The first-order chi connectivity index (χ1) is 9.90. The predicted molar refractivity (Wildman–Crippen MR) is 62.8 cm³/mol. The van der Waals surface area contributed by atoms with E-state index in [2.05, 4.69) is 35.5 Å². The molecule has 0 aliphatic heterocycles. The number of ether oxygens (including phenoxy) is 1. The van der Waals surface area contributed by atoms with Gasteiger partial charge in [0.1, 0.15) is 5.69 Å². The summed E-state index contributed by atoms with van der Waals surface area (Å²) in [5.41, 5.74) is 3.31. The van der Waals surface area contributed by atoms with E-state index in [-0.39, 0.29) is 11.8 Å². The Bertz CT molecular complexity index is 635. The zero-order chi connectivity index (χ0) is 15.5. The number of nitrogens with zero attached hydrogens (tertiary/aromatic N) is 4. The Morgan fingerprint density at radius 2 is 1.90 bits per heavy atom. The summed E-state index contributed by atoms with van der Waals surface area (Å²) < 4.78 is 55.4.